The summed E-state index contributed by atoms with van der Waals surface area (Å²) in [7, 11) is 0. The second-order valence-electron chi connectivity index (χ2n) is 8.14. The van der Waals surface area contributed by atoms with Crippen LogP contribution in [0.5, 0.6) is 0 Å². The van der Waals surface area contributed by atoms with Crippen LogP contribution >= 0.6 is 0 Å². The van der Waals surface area contributed by atoms with Crippen molar-refractivity contribution < 1.29 is 22.5 Å². The molecule has 1 amide bonds. The van der Waals surface area contributed by atoms with Crippen LogP contribution in [0.1, 0.15) is 57.7 Å². The molecule has 0 saturated heterocycles. The molecule has 0 spiro atoms. The predicted molar refractivity (Wildman–Crippen MR) is 108 cm³/mol. The number of hydrogen-bond donors (Lipinski definition) is 1. The second kappa shape index (κ2) is 7.86. The van der Waals surface area contributed by atoms with E-state index < -0.39 is 11.7 Å². The van der Waals surface area contributed by atoms with E-state index in [1.54, 1.807) is 24.6 Å². The van der Waals surface area contributed by atoms with Gasteiger partial charge in [0.15, 0.2) is 5.69 Å². The minimum Gasteiger partial charge on any atom is -0.360 e. The highest BCUT2D eigenvalue weighted by molar-refractivity contribution is 6.04. The van der Waals surface area contributed by atoms with Crippen LogP contribution in [-0.4, -0.2) is 20.8 Å². The first kappa shape index (κ1) is 21.1. The van der Waals surface area contributed by atoms with Crippen molar-refractivity contribution in [1.29, 1.82) is 0 Å². The van der Waals surface area contributed by atoms with E-state index in [0.717, 1.165) is 42.7 Å². The van der Waals surface area contributed by atoms with E-state index in [-0.39, 0.29) is 18.1 Å². The van der Waals surface area contributed by atoms with Crippen LogP contribution in [0.2, 0.25) is 0 Å². The Labute approximate surface area is 177 Å². The number of benzene rings is 1. The van der Waals surface area contributed by atoms with Crippen LogP contribution < -0.4 is 5.32 Å². The standard InChI is InChI=1S/C22H23F3N4O2/c1-12-7-8-18-17(9-12)20(28-31-18)21(30)26-19-13(2)27-29(14(19)3)11-15-5-4-6-16(10-15)22(23,24)25/h4-6,10,12H,7-9,11H2,1-3H3,(H,26,30). The number of anilines is 1. The number of amides is 1. The number of hydrogen-bond acceptors (Lipinski definition) is 4. The molecule has 0 radical (unpaired) electrons. The molecular formula is C22H23F3N4O2. The lowest BCUT2D eigenvalue weighted by molar-refractivity contribution is -0.137. The molecule has 3 aromatic rings. The van der Waals surface area contributed by atoms with Crippen molar-refractivity contribution in [3.05, 3.63) is 63.8 Å². The number of carbonyl (C=O) groups excluding carboxylic acids is 1. The first-order valence-corrected chi connectivity index (χ1v) is 10.1. The zero-order valence-corrected chi connectivity index (χ0v) is 17.5. The number of rotatable bonds is 4. The van der Waals surface area contributed by atoms with Gasteiger partial charge in [-0.2, -0.15) is 18.3 Å². The Morgan fingerprint density at radius 3 is 2.84 bits per heavy atom. The Morgan fingerprint density at radius 2 is 2.10 bits per heavy atom. The molecule has 2 aromatic heterocycles. The number of fused-ring (bicyclic) bond motifs is 1. The van der Waals surface area contributed by atoms with Gasteiger partial charge in [-0.25, -0.2) is 0 Å². The molecule has 0 bridgehead atoms. The molecule has 0 aliphatic heterocycles. The minimum absolute atomic E-state index is 0.156. The highest BCUT2D eigenvalue weighted by atomic mass is 19.4. The van der Waals surface area contributed by atoms with Gasteiger partial charge in [0, 0.05) is 12.0 Å². The number of aromatic nitrogens is 3. The molecule has 1 aliphatic carbocycles. The van der Waals surface area contributed by atoms with E-state index in [1.807, 2.05) is 0 Å². The summed E-state index contributed by atoms with van der Waals surface area (Å²) >= 11 is 0. The van der Waals surface area contributed by atoms with Crippen molar-refractivity contribution in [2.75, 3.05) is 5.32 Å². The Kier molecular flexibility index (Phi) is 5.36. The molecule has 9 heteroatoms. The van der Waals surface area contributed by atoms with Gasteiger partial charge in [-0.15, -0.1) is 0 Å². The van der Waals surface area contributed by atoms with Crippen molar-refractivity contribution in [2.24, 2.45) is 5.92 Å². The largest absolute Gasteiger partial charge is 0.416 e. The number of nitrogens with one attached hydrogen (secondary N) is 1. The third-order valence-electron chi connectivity index (χ3n) is 5.71. The zero-order chi connectivity index (χ0) is 22.3. The average Bonchev–Trinajstić information content (AvgIpc) is 3.23. The van der Waals surface area contributed by atoms with Gasteiger partial charge in [0.1, 0.15) is 5.76 Å². The minimum atomic E-state index is -4.40. The van der Waals surface area contributed by atoms with Crippen molar-refractivity contribution in [1.82, 2.24) is 14.9 Å². The van der Waals surface area contributed by atoms with Crippen LogP contribution in [0.15, 0.2) is 28.8 Å². The molecule has 1 N–H and O–H groups in total. The van der Waals surface area contributed by atoms with Gasteiger partial charge < -0.3 is 9.84 Å². The molecule has 6 nitrogen and oxygen atoms in total. The van der Waals surface area contributed by atoms with Crippen LogP contribution in [0.3, 0.4) is 0 Å². The van der Waals surface area contributed by atoms with Crippen LogP contribution in [0, 0.1) is 19.8 Å². The molecule has 0 fully saturated rings. The number of alkyl halides is 3. The molecule has 1 aliphatic rings. The normalized spacial score (nSPS) is 16.3. The molecule has 1 unspecified atom stereocenters. The van der Waals surface area contributed by atoms with Crippen LogP contribution in [-0.2, 0) is 25.6 Å². The summed E-state index contributed by atoms with van der Waals surface area (Å²) in [5, 5.41) is 11.2. The number of aryl methyl sites for hydroxylation is 2. The van der Waals surface area contributed by atoms with Gasteiger partial charge in [-0.3, -0.25) is 9.48 Å². The third kappa shape index (κ3) is 4.22. The molecule has 31 heavy (non-hydrogen) atoms. The molecule has 1 aromatic carbocycles. The van der Waals surface area contributed by atoms with Crippen molar-refractivity contribution in [3.63, 3.8) is 0 Å². The lowest BCUT2D eigenvalue weighted by Crippen LogP contribution is -2.18. The summed E-state index contributed by atoms with van der Waals surface area (Å²) in [4.78, 5) is 12.9. The van der Waals surface area contributed by atoms with Gasteiger partial charge in [-0.05, 0) is 50.3 Å². The van der Waals surface area contributed by atoms with Gasteiger partial charge in [0.25, 0.3) is 5.91 Å². The van der Waals surface area contributed by atoms with E-state index in [1.165, 1.54) is 6.07 Å². The highest BCUT2D eigenvalue weighted by Gasteiger charge is 2.31. The fourth-order valence-corrected chi connectivity index (χ4v) is 3.98. The number of carbonyl (C=O) groups is 1. The van der Waals surface area contributed by atoms with Gasteiger partial charge in [-0.1, -0.05) is 24.2 Å². The molecular weight excluding hydrogens is 409 g/mol. The molecule has 1 atom stereocenters. The van der Waals surface area contributed by atoms with Gasteiger partial charge >= 0.3 is 6.18 Å². The molecule has 4 rings (SSSR count). The third-order valence-corrected chi connectivity index (χ3v) is 5.71. The second-order valence-corrected chi connectivity index (χ2v) is 8.14. The Morgan fingerprint density at radius 1 is 1.32 bits per heavy atom. The Hall–Kier alpha value is -3.10. The lowest BCUT2D eigenvalue weighted by Gasteiger charge is -2.16. The SMILES string of the molecule is Cc1nn(Cc2cccc(C(F)(F)F)c2)c(C)c1NC(=O)c1noc2c1CC(C)CC2. The summed E-state index contributed by atoms with van der Waals surface area (Å²) in [5.74, 6) is 0.845. The molecule has 164 valence electrons. The van der Waals surface area contributed by atoms with Crippen molar-refractivity contribution in [3.8, 4) is 0 Å². The van der Waals surface area contributed by atoms with E-state index in [2.05, 4.69) is 22.5 Å². The monoisotopic (exact) mass is 432 g/mol. The van der Waals surface area contributed by atoms with Crippen molar-refractivity contribution in [2.45, 2.75) is 52.8 Å². The van der Waals surface area contributed by atoms with E-state index in [9.17, 15) is 18.0 Å². The molecule has 2 heterocycles. The smallest absolute Gasteiger partial charge is 0.360 e. The quantitative estimate of drug-likeness (QED) is 0.634. The summed E-state index contributed by atoms with van der Waals surface area (Å²) < 4.78 is 45.9. The van der Waals surface area contributed by atoms with Crippen molar-refractivity contribution >= 4 is 11.6 Å². The van der Waals surface area contributed by atoms with Crippen LogP contribution in [0.25, 0.3) is 0 Å². The maximum Gasteiger partial charge on any atom is 0.416 e. The lowest BCUT2D eigenvalue weighted by atomic mass is 9.88. The number of halogens is 3. The first-order valence-electron chi connectivity index (χ1n) is 10.1. The van der Waals surface area contributed by atoms with E-state index >= 15 is 0 Å². The van der Waals surface area contributed by atoms with E-state index in [0.29, 0.717) is 28.6 Å². The first-order chi connectivity index (χ1) is 14.6. The van der Waals surface area contributed by atoms with Gasteiger partial charge in [0.2, 0.25) is 0 Å². The maximum absolute atomic E-state index is 13.0. The Bertz CT molecular complexity index is 1130. The Balaban J connectivity index is 1.56. The maximum atomic E-state index is 13.0. The summed E-state index contributed by atoms with van der Waals surface area (Å²) in [6.45, 7) is 5.79. The fraction of sp³-hybridized carbons (Fsp3) is 0.409. The fourth-order valence-electron chi connectivity index (χ4n) is 3.98. The highest BCUT2D eigenvalue weighted by Crippen LogP contribution is 2.31. The van der Waals surface area contributed by atoms with E-state index in [4.69, 9.17) is 4.52 Å². The molecule has 0 saturated carbocycles. The summed E-state index contributed by atoms with van der Waals surface area (Å²) in [5.41, 5.74) is 2.65. The summed E-state index contributed by atoms with van der Waals surface area (Å²) in [6.07, 6.45) is -1.89. The average molecular weight is 432 g/mol. The predicted octanol–water partition coefficient (Wildman–Crippen LogP) is 4.93. The van der Waals surface area contributed by atoms with Crippen LogP contribution in [0.4, 0.5) is 18.9 Å². The van der Waals surface area contributed by atoms with Gasteiger partial charge in [0.05, 0.1) is 29.2 Å². The summed E-state index contributed by atoms with van der Waals surface area (Å²) in [6, 6.07) is 5.14. The number of nitrogens with zero attached hydrogens (tertiary/aromatic N) is 3. The topological polar surface area (TPSA) is 73.0 Å². The zero-order valence-electron chi connectivity index (χ0n) is 17.5.